The Kier molecular flexibility index (Phi) is 16.3. The fraction of sp³-hybridized carbons (Fsp3) is 0.611. The minimum absolute atomic E-state index is 0. The quantitative estimate of drug-likeness (QED) is 0.0664. The van der Waals surface area contributed by atoms with Gasteiger partial charge in [-0.3, -0.25) is 9.28 Å². The number of nitrogens with zero attached hydrogens (tertiary/aromatic N) is 3. The molecule has 6 nitrogen and oxygen atoms in total. The zero-order chi connectivity index (χ0) is 30.3. The van der Waals surface area contributed by atoms with E-state index >= 15 is 0 Å². The number of amidine groups is 1. The highest BCUT2D eigenvalue weighted by atomic mass is 127. The van der Waals surface area contributed by atoms with E-state index < -0.39 is 0 Å². The molecule has 1 fully saturated rings. The molecule has 0 unspecified atom stereocenters. The molecule has 44 heavy (non-hydrogen) atoms. The second-order valence-corrected chi connectivity index (χ2v) is 14.0. The summed E-state index contributed by atoms with van der Waals surface area (Å²) in [5.41, 5.74) is 3.21. The summed E-state index contributed by atoms with van der Waals surface area (Å²) in [7, 11) is 2.21. The Hall–Kier alpha value is -1.91. The number of rotatable bonds is 17. The monoisotopic (exact) mass is 734 g/mol. The number of allylic oxidation sites excluding steroid dienone is 2. The molecule has 0 spiro atoms. The largest absolute Gasteiger partial charge is 1.00 e. The number of piperazine rings is 1. The minimum Gasteiger partial charge on any atom is -1.00 e. The second kappa shape index (κ2) is 19.6. The molecule has 2 aromatic rings. The number of likely N-dealkylation sites (N-methyl/N-ethyl adjacent to an activating group) is 1. The Balaban J connectivity index is 0.00000529. The smallest absolute Gasteiger partial charge is 0.310 e. The van der Waals surface area contributed by atoms with E-state index in [-0.39, 0.29) is 29.9 Å². The standard InChI is InChI=1S/C36H55N4O2S.HI/c1-4-5-6-7-8-9-10-11-12-13-14-15-16-17-18-23-34(41)42-29-40(3)26-24-39(25-27-40)35-31-28-30(2)43-36(31)38-33-22-20-19-21-32(33)37-35;/h11-12,19-22,28,38H,4-10,13-18,23-27,29H2,1-3H3;1H/q+1;/p-1/b12-11-;. The number of halogens is 1. The SMILES string of the molecule is CCCCCCCC/C=C\CCCCCCCC(=O)OC[N+]1(C)CCN(C2=Nc3ccccc3Nc3sc(C)cc32)CC1.[I-]. The number of nitrogens with one attached hydrogen (secondary N) is 1. The zero-order valence-electron chi connectivity index (χ0n) is 27.4. The molecule has 2 aliphatic rings. The Bertz CT molecular complexity index is 1200. The molecule has 0 amide bonds. The normalized spacial score (nSPS) is 15.5. The number of carbonyl (C=O) groups excluding carboxylic acids is 1. The number of hydrogen-bond acceptors (Lipinski definition) is 6. The molecule has 8 heteroatoms. The third-order valence-electron chi connectivity index (χ3n) is 8.77. The number of anilines is 2. The van der Waals surface area contributed by atoms with Crippen molar-refractivity contribution < 1.29 is 38.0 Å². The predicted octanol–water partition coefficient (Wildman–Crippen LogP) is 6.50. The highest BCUT2D eigenvalue weighted by molar-refractivity contribution is 7.16. The van der Waals surface area contributed by atoms with Crippen molar-refractivity contribution in [3.63, 3.8) is 0 Å². The zero-order valence-corrected chi connectivity index (χ0v) is 30.4. The number of carbonyl (C=O) groups is 1. The molecular weight excluding hydrogens is 679 g/mol. The van der Waals surface area contributed by atoms with Crippen LogP contribution in [0, 0.1) is 6.92 Å². The van der Waals surface area contributed by atoms with Gasteiger partial charge in [0, 0.05) is 11.3 Å². The number of ether oxygens (including phenoxy) is 1. The molecule has 1 saturated heterocycles. The van der Waals surface area contributed by atoms with E-state index in [0.29, 0.717) is 13.2 Å². The van der Waals surface area contributed by atoms with E-state index in [1.807, 2.05) is 6.07 Å². The molecule has 1 N–H and O–H groups in total. The number of aliphatic imine (C=N–C) groups is 1. The lowest BCUT2D eigenvalue weighted by Gasteiger charge is -2.42. The van der Waals surface area contributed by atoms with Crippen LogP contribution in [0.5, 0.6) is 0 Å². The van der Waals surface area contributed by atoms with Gasteiger partial charge in [0.2, 0.25) is 6.73 Å². The van der Waals surface area contributed by atoms with E-state index in [0.717, 1.165) is 65.7 Å². The van der Waals surface area contributed by atoms with Crippen LogP contribution in [-0.2, 0) is 9.53 Å². The number of unbranched alkanes of at least 4 members (excludes halogenated alkanes) is 11. The molecule has 0 aliphatic carbocycles. The van der Waals surface area contributed by atoms with Crippen LogP contribution in [0.3, 0.4) is 0 Å². The van der Waals surface area contributed by atoms with Crippen LogP contribution in [0.1, 0.15) is 107 Å². The maximum atomic E-state index is 12.5. The average molecular weight is 735 g/mol. The lowest BCUT2D eigenvalue weighted by molar-refractivity contribution is -0.929. The number of quaternary nitrogens is 1. The maximum Gasteiger partial charge on any atom is 0.310 e. The van der Waals surface area contributed by atoms with Crippen LogP contribution in [0.4, 0.5) is 16.4 Å². The number of benzene rings is 1. The first-order chi connectivity index (χ1) is 21.0. The molecule has 3 heterocycles. The van der Waals surface area contributed by atoms with Crippen molar-refractivity contribution in [3.05, 3.63) is 52.9 Å². The van der Waals surface area contributed by atoms with E-state index in [1.54, 1.807) is 11.3 Å². The van der Waals surface area contributed by atoms with E-state index in [9.17, 15) is 4.79 Å². The third-order valence-corrected chi connectivity index (χ3v) is 9.74. The Morgan fingerprint density at radius 1 is 0.977 bits per heavy atom. The number of thiophene rings is 1. The summed E-state index contributed by atoms with van der Waals surface area (Å²) >= 11 is 1.78. The Morgan fingerprint density at radius 2 is 1.61 bits per heavy atom. The molecule has 0 radical (unpaired) electrons. The third kappa shape index (κ3) is 11.8. The van der Waals surface area contributed by atoms with Gasteiger partial charge in [-0.1, -0.05) is 82.6 Å². The molecule has 0 saturated carbocycles. The van der Waals surface area contributed by atoms with Gasteiger partial charge in [-0.05, 0) is 57.2 Å². The summed E-state index contributed by atoms with van der Waals surface area (Å²) in [6, 6.07) is 10.5. The Labute approximate surface area is 288 Å². The van der Waals surface area contributed by atoms with Crippen molar-refractivity contribution in [2.45, 2.75) is 104 Å². The van der Waals surface area contributed by atoms with Crippen molar-refractivity contribution >= 4 is 39.5 Å². The fourth-order valence-corrected chi connectivity index (χ4v) is 6.84. The molecule has 244 valence electrons. The van der Waals surface area contributed by atoms with Crippen LogP contribution in [0.25, 0.3) is 0 Å². The lowest BCUT2D eigenvalue weighted by atomic mass is 10.1. The van der Waals surface area contributed by atoms with E-state index in [2.05, 4.69) is 67.5 Å². The topological polar surface area (TPSA) is 53.9 Å². The summed E-state index contributed by atoms with van der Waals surface area (Å²) in [5.74, 6) is 0.998. The minimum atomic E-state index is -0.0476. The number of aryl methyl sites for hydroxylation is 1. The molecule has 1 aromatic heterocycles. The lowest BCUT2D eigenvalue weighted by Crippen LogP contribution is -3.00. The van der Waals surface area contributed by atoms with Gasteiger partial charge in [-0.15, -0.1) is 11.3 Å². The number of hydrogen-bond donors (Lipinski definition) is 1. The van der Waals surface area contributed by atoms with Crippen molar-refractivity contribution in [1.82, 2.24) is 4.90 Å². The summed E-state index contributed by atoms with van der Waals surface area (Å²) < 4.78 is 6.53. The number of para-hydroxylation sites is 2. The van der Waals surface area contributed by atoms with Crippen molar-refractivity contribution in [2.75, 3.05) is 45.3 Å². The summed E-state index contributed by atoms with van der Waals surface area (Å²) in [6.45, 7) is 8.50. The van der Waals surface area contributed by atoms with Crippen LogP contribution < -0.4 is 29.3 Å². The average Bonchev–Trinajstić information content (AvgIpc) is 3.30. The van der Waals surface area contributed by atoms with Crippen LogP contribution >= 0.6 is 11.3 Å². The fourth-order valence-electron chi connectivity index (χ4n) is 5.92. The van der Waals surface area contributed by atoms with Gasteiger partial charge < -0.3 is 38.9 Å². The van der Waals surface area contributed by atoms with Crippen molar-refractivity contribution in [2.24, 2.45) is 4.99 Å². The summed E-state index contributed by atoms with van der Waals surface area (Å²) in [4.78, 5) is 21.3. The molecule has 2 aliphatic heterocycles. The molecule has 0 atom stereocenters. The maximum absolute atomic E-state index is 12.5. The van der Waals surface area contributed by atoms with Crippen LogP contribution in [0.15, 0.2) is 47.5 Å². The van der Waals surface area contributed by atoms with Gasteiger partial charge >= 0.3 is 5.97 Å². The summed E-state index contributed by atoms with van der Waals surface area (Å²) in [5, 5.41) is 4.76. The Morgan fingerprint density at radius 3 is 2.32 bits per heavy atom. The molecule has 1 aromatic carbocycles. The predicted molar refractivity (Wildman–Crippen MR) is 183 cm³/mol. The van der Waals surface area contributed by atoms with E-state index in [4.69, 9.17) is 9.73 Å². The van der Waals surface area contributed by atoms with Gasteiger partial charge in [-0.2, -0.15) is 0 Å². The number of fused-ring (bicyclic) bond motifs is 2. The van der Waals surface area contributed by atoms with Crippen molar-refractivity contribution in [1.29, 1.82) is 0 Å². The first-order valence-electron chi connectivity index (χ1n) is 16.9. The highest BCUT2D eigenvalue weighted by Crippen LogP contribution is 2.39. The second-order valence-electron chi connectivity index (χ2n) is 12.7. The first kappa shape index (κ1) is 36.6. The van der Waals surface area contributed by atoms with Crippen LogP contribution in [-0.4, -0.2) is 61.1 Å². The van der Waals surface area contributed by atoms with Gasteiger partial charge in [0.25, 0.3) is 0 Å². The first-order valence-corrected chi connectivity index (χ1v) is 17.7. The van der Waals surface area contributed by atoms with Gasteiger partial charge in [0.15, 0.2) is 0 Å². The van der Waals surface area contributed by atoms with Gasteiger partial charge in [0.05, 0.1) is 50.2 Å². The van der Waals surface area contributed by atoms with Crippen molar-refractivity contribution in [3.8, 4) is 0 Å². The number of esters is 1. The van der Waals surface area contributed by atoms with Crippen LogP contribution in [0.2, 0.25) is 0 Å². The van der Waals surface area contributed by atoms with Gasteiger partial charge in [-0.25, -0.2) is 4.99 Å². The highest BCUT2D eigenvalue weighted by Gasteiger charge is 2.33. The van der Waals surface area contributed by atoms with Gasteiger partial charge in [0.1, 0.15) is 10.8 Å². The van der Waals surface area contributed by atoms with E-state index in [1.165, 1.54) is 81.1 Å². The molecule has 0 bridgehead atoms. The molecule has 4 rings (SSSR count). The molecular formula is C36H55IN4O2S. The summed E-state index contributed by atoms with van der Waals surface area (Å²) in [6.07, 6.45) is 21.7.